The molecule has 2 aromatic carbocycles. The number of nitrogens with one attached hydrogen (secondary N) is 1. The Labute approximate surface area is 191 Å². The van der Waals surface area contributed by atoms with Crippen LogP contribution in [0.2, 0.25) is 0 Å². The topological polar surface area (TPSA) is 74.8 Å². The fourth-order valence-corrected chi connectivity index (χ4v) is 4.70. The number of hydrogen-bond acceptors (Lipinski definition) is 6. The van der Waals surface area contributed by atoms with Crippen molar-refractivity contribution in [1.82, 2.24) is 14.8 Å². The Morgan fingerprint density at radius 3 is 2.50 bits per heavy atom. The average Bonchev–Trinajstić information content (AvgIpc) is 3.24. The molecule has 3 aromatic rings. The quantitative estimate of drug-likeness (QED) is 0.619. The van der Waals surface area contributed by atoms with Crippen LogP contribution in [0.3, 0.4) is 0 Å². The van der Waals surface area contributed by atoms with E-state index in [0.29, 0.717) is 28.6 Å². The van der Waals surface area contributed by atoms with Crippen LogP contribution in [0.15, 0.2) is 54.6 Å². The Kier molecular flexibility index (Phi) is 6.82. The molecular formula is C24H26N4O3S. The number of anilines is 1. The van der Waals surface area contributed by atoms with Crippen molar-refractivity contribution in [2.45, 2.75) is 13.5 Å². The number of carbonyl (C=O) groups excluding carboxylic acids is 2. The Hall–Kier alpha value is -3.23. The maximum absolute atomic E-state index is 13.2. The lowest BCUT2D eigenvalue weighted by Gasteiger charge is -2.33. The van der Waals surface area contributed by atoms with Crippen LogP contribution in [-0.4, -0.2) is 59.9 Å². The van der Waals surface area contributed by atoms with Crippen molar-refractivity contribution in [2.75, 3.05) is 38.6 Å². The summed E-state index contributed by atoms with van der Waals surface area (Å²) in [5.41, 5.74) is 2.27. The van der Waals surface area contributed by atoms with Crippen LogP contribution in [0.4, 0.5) is 5.69 Å². The third kappa shape index (κ3) is 5.15. The van der Waals surface area contributed by atoms with E-state index in [9.17, 15) is 9.59 Å². The molecule has 0 aliphatic carbocycles. The highest BCUT2D eigenvalue weighted by Gasteiger charge is 2.23. The number of benzene rings is 2. The van der Waals surface area contributed by atoms with Gasteiger partial charge in [0.2, 0.25) is 5.91 Å². The van der Waals surface area contributed by atoms with Crippen LogP contribution in [0.25, 0.3) is 11.3 Å². The number of piperazine rings is 1. The molecule has 1 aromatic heterocycles. The van der Waals surface area contributed by atoms with Crippen LogP contribution in [0.5, 0.6) is 5.75 Å². The normalized spacial score (nSPS) is 14.2. The van der Waals surface area contributed by atoms with Gasteiger partial charge >= 0.3 is 0 Å². The van der Waals surface area contributed by atoms with Gasteiger partial charge in [-0.2, -0.15) is 0 Å². The average molecular weight is 451 g/mol. The molecule has 0 saturated carbocycles. The maximum atomic E-state index is 13.2. The van der Waals surface area contributed by atoms with Crippen LogP contribution in [0, 0.1) is 0 Å². The first-order valence-corrected chi connectivity index (χ1v) is 11.3. The molecule has 0 bridgehead atoms. The van der Waals surface area contributed by atoms with Crippen LogP contribution in [-0.2, 0) is 11.3 Å². The van der Waals surface area contributed by atoms with E-state index in [1.54, 1.807) is 20.1 Å². The van der Waals surface area contributed by atoms with Gasteiger partial charge in [-0.15, -0.1) is 11.3 Å². The first kappa shape index (κ1) is 22.0. The van der Waals surface area contributed by atoms with E-state index in [1.807, 2.05) is 53.4 Å². The third-order valence-electron chi connectivity index (χ3n) is 5.43. The summed E-state index contributed by atoms with van der Waals surface area (Å²) in [6.07, 6.45) is 0. The Bertz CT molecular complexity index is 1090. The molecule has 2 heterocycles. The SMILES string of the molecule is COc1cccc(NC(=O)c2sc(CN3CCN(C(C)=O)CC3)nc2-c2ccccc2)c1. The summed E-state index contributed by atoms with van der Waals surface area (Å²) in [5, 5.41) is 3.86. The molecule has 7 nitrogen and oxygen atoms in total. The highest BCUT2D eigenvalue weighted by atomic mass is 32.1. The second kappa shape index (κ2) is 9.93. The molecule has 1 aliphatic heterocycles. The number of hydrogen-bond donors (Lipinski definition) is 1. The van der Waals surface area contributed by atoms with Gasteiger partial charge in [0, 0.05) is 50.4 Å². The van der Waals surface area contributed by atoms with Crippen LogP contribution < -0.4 is 10.1 Å². The summed E-state index contributed by atoms with van der Waals surface area (Å²) in [4.78, 5) is 34.3. The van der Waals surface area contributed by atoms with Crippen molar-refractivity contribution in [1.29, 1.82) is 0 Å². The first-order valence-electron chi connectivity index (χ1n) is 10.5. The van der Waals surface area contributed by atoms with E-state index in [1.165, 1.54) is 11.3 Å². The van der Waals surface area contributed by atoms with Gasteiger partial charge in [0.05, 0.1) is 19.3 Å². The summed E-state index contributed by atoms with van der Waals surface area (Å²) in [6, 6.07) is 17.1. The molecule has 2 amide bonds. The number of methoxy groups -OCH3 is 1. The molecule has 1 aliphatic rings. The molecule has 0 spiro atoms. The molecule has 1 N–H and O–H groups in total. The Morgan fingerprint density at radius 1 is 1.06 bits per heavy atom. The number of carbonyl (C=O) groups is 2. The molecule has 0 radical (unpaired) electrons. The minimum absolute atomic E-state index is 0.113. The second-order valence-corrected chi connectivity index (χ2v) is 8.70. The van der Waals surface area contributed by atoms with Crippen LogP contribution in [0.1, 0.15) is 21.6 Å². The summed E-state index contributed by atoms with van der Waals surface area (Å²) < 4.78 is 5.26. The van der Waals surface area contributed by atoms with Gasteiger partial charge in [-0.25, -0.2) is 4.98 Å². The minimum atomic E-state index is -0.192. The lowest BCUT2D eigenvalue weighted by Crippen LogP contribution is -2.47. The van der Waals surface area contributed by atoms with E-state index in [-0.39, 0.29) is 11.8 Å². The number of aromatic nitrogens is 1. The smallest absolute Gasteiger partial charge is 0.268 e. The fraction of sp³-hybridized carbons (Fsp3) is 0.292. The molecule has 32 heavy (non-hydrogen) atoms. The first-order chi connectivity index (χ1) is 15.5. The van der Waals surface area contributed by atoms with Crippen molar-refractivity contribution >= 4 is 28.8 Å². The lowest BCUT2D eigenvalue weighted by molar-refractivity contribution is -0.130. The molecule has 8 heteroatoms. The molecule has 0 atom stereocenters. The van der Waals surface area contributed by atoms with E-state index in [4.69, 9.17) is 9.72 Å². The van der Waals surface area contributed by atoms with Crippen molar-refractivity contribution in [2.24, 2.45) is 0 Å². The van der Waals surface area contributed by atoms with Gasteiger partial charge in [-0.3, -0.25) is 14.5 Å². The predicted molar refractivity (Wildman–Crippen MR) is 126 cm³/mol. The Balaban J connectivity index is 1.56. The lowest BCUT2D eigenvalue weighted by atomic mass is 10.1. The monoisotopic (exact) mass is 450 g/mol. The van der Waals surface area contributed by atoms with Gasteiger partial charge in [-0.05, 0) is 12.1 Å². The van der Waals surface area contributed by atoms with Crippen molar-refractivity contribution in [3.63, 3.8) is 0 Å². The number of amides is 2. The molecule has 1 saturated heterocycles. The standard InChI is InChI=1S/C24H26N4O3S/c1-17(29)28-13-11-27(12-14-28)16-21-26-22(18-7-4-3-5-8-18)23(32-21)24(30)25-19-9-6-10-20(15-19)31-2/h3-10,15H,11-14,16H2,1-2H3,(H,25,30). The summed E-state index contributed by atoms with van der Waals surface area (Å²) in [5.74, 6) is 0.602. The van der Waals surface area contributed by atoms with Gasteiger partial charge < -0.3 is 15.0 Å². The van der Waals surface area contributed by atoms with E-state index >= 15 is 0 Å². The number of rotatable bonds is 6. The number of thiazole rings is 1. The molecular weight excluding hydrogens is 424 g/mol. The van der Waals surface area contributed by atoms with Gasteiger partial charge in [-0.1, -0.05) is 36.4 Å². The van der Waals surface area contributed by atoms with Gasteiger partial charge in [0.25, 0.3) is 5.91 Å². The largest absolute Gasteiger partial charge is 0.497 e. The number of nitrogens with zero attached hydrogens (tertiary/aromatic N) is 3. The van der Waals surface area contributed by atoms with Crippen molar-refractivity contribution in [3.8, 4) is 17.0 Å². The predicted octanol–water partition coefficient (Wildman–Crippen LogP) is 3.74. The van der Waals surface area contributed by atoms with Gasteiger partial charge in [0.1, 0.15) is 15.6 Å². The van der Waals surface area contributed by atoms with Crippen molar-refractivity contribution < 1.29 is 14.3 Å². The van der Waals surface area contributed by atoms with Crippen LogP contribution >= 0.6 is 11.3 Å². The zero-order valence-electron chi connectivity index (χ0n) is 18.2. The van der Waals surface area contributed by atoms with E-state index in [0.717, 1.165) is 36.8 Å². The zero-order chi connectivity index (χ0) is 22.5. The summed E-state index contributed by atoms with van der Waals surface area (Å²) in [6.45, 7) is 5.29. The van der Waals surface area contributed by atoms with Gasteiger partial charge in [0.15, 0.2) is 0 Å². The second-order valence-electron chi connectivity index (χ2n) is 7.62. The van der Waals surface area contributed by atoms with E-state index in [2.05, 4.69) is 10.2 Å². The molecule has 1 fully saturated rings. The third-order valence-corrected chi connectivity index (χ3v) is 6.47. The van der Waals surface area contributed by atoms with E-state index < -0.39 is 0 Å². The maximum Gasteiger partial charge on any atom is 0.268 e. The highest BCUT2D eigenvalue weighted by molar-refractivity contribution is 7.14. The molecule has 4 rings (SSSR count). The number of ether oxygens (including phenoxy) is 1. The minimum Gasteiger partial charge on any atom is -0.497 e. The highest BCUT2D eigenvalue weighted by Crippen LogP contribution is 2.30. The zero-order valence-corrected chi connectivity index (χ0v) is 19.0. The fourth-order valence-electron chi connectivity index (χ4n) is 3.68. The molecule has 166 valence electrons. The van der Waals surface area contributed by atoms with Crippen molar-refractivity contribution in [3.05, 3.63) is 64.5 Å². The Morgan fingerprint density at radius 2 is 1.81 bits per heavy atom. The molecule has 0 unspecified atom stereocenters. The summed E-state index contributed by atoms with van der Waals surface area (Å²) in [7, 11) is 1.60. The summed E-state index contributed by atoms with van der Waals surface area (Å²) >= 11 is 1.42.